The van der Waals surface area contributed by atoms with E-state index in [2.05, 4.69) is 47.9 Å². The third-order valence-corrected chi connectivity index (χ3v) is 4.45. The molecule has 0 bridgehead atoms. The lowest BCUT2D eigenvalue weighted by molar-refractivity contribution is 0.352. The van der Waals surface area contributed by atoms with Gasteiger partial charge in [-0.25, -0.2) is 0 Å². The zero-order valence-corrected chi connectivity index (χ0v) is 13.5. The second kappa shape index (κ2) is 6.11. The van der Waals surface area contributed by atoms with Gasteiger partial charge in [-0.1, -0.05) is 0 Å². The number of H-pyrrole nitrogens is 1. The van der Waals surface area contributed by atoms with Gasteiger partial charge >= 0.3 is 0 Å². The van der Waals surface area contributed by atoms with Gasteiger partial charge in [0.05, 0.1) is 0 Å². The zero-order chi connectivity index (χ0) is 14.8. The Morgan fingerprint density at radius 2 is 2.14 bits per heavy atom. The van der Waals surface area contributed by atoms with E-state index in [1.165, 1.54) is 0 Å². The van der Waals surface area contributed by atoms with E-state index in [1.807, 2.05) is 6.07 Å². The molecule has 2 aromatic heterocycles. The molecule has 3 heterocycles. The van der Waals surface area contributed by atoms with Crippen LogP contribution in [0, 0.1) is 5.92 Å². The molecule has 1 unspecified atom stereocenters. The van der Waals surface area contributed by atoms with Crippen LogP contribution in [0.1, 0.15) is 19.8 Å². The molecular formula is C14H19BrN6. The van der Waals surface area contributed by atoms with E-state index in [4.69, 9.17) is 5.73 Å². The van der Waals surface area contributed by atoms with Gasteiger partial charge in [0, 0.05) is 41.6 Å². The number of hydrogen-bond donors (Lipinski definition) is 2. The summed E-state index contributed by atoms with van der Waals surface area (Å²) in [6.45, 7) is 4.01. The number of piperidine rings is 1. The summed E-state index contributed by atoms with van der Waals surface area (Å²) < 4.78 is 0.927. The molecule has 1 atom stereocenters. The summed E-state index contributed by atoms with van der Waals surface area (Å²) in [6.07, 6.45) is 5.72. The minimum absolute atomic E-state index is 0.266. The third-order valence-electron chi connectivity index (χ3n) is 4.02. The van der Waals surface area contributed by atoms with Crippen molar-refractivity contribution in [3.05, 3.63) is 22.9 Å². The fraction of sp³-hybridized carbons (Fsp3) is 0.500. The molecule has 3 N–H and O–H groups in total. The summed E-state index contributed by atoms with van der Waals surface area (Å²) in [6, 6.07) is 2.24. The Hall–Kier alpha value is -1.47. The standard InChI is InChI=1S/C14H19BrN6/c1-9(16)10-2-4-21(5-3-10)14-18-13(19-20-14)11-6-12(15)8-17-7-11/h6-10H,2-5,16H2,1H3,(H,18,19,20). The molecule has 1 aliphatic rings. The minimum atomic E-state index is 0.266. The molecule has 1 saturated heterocycles. The van der Waals surface area contributed by atoms with Gasteiger partial charge in [0.25, 0.3) is 0 Å². The number of rotatable bonds is 3. The van der Waals surface area contributed by atoms with Crippen LogP contribution < -0.4 is 10.6 Å². The number of hydrogen-bond acceptors (Lipinski definition) is 5. The van der Waals surface area contributed by atoms with Crippen LogP contribution in [0.5, 0.6) is 0 Å². The Kier molecular flexibility index (Phi) is 4.21. The van der Waals surface area contributed by atoms with E-state index in [1.54, 1.807) is 12.4 Å². The van der Waals surface area contributed by atoms with Gasteiger partial charge in [-0.05, 0) is 47.7 Å². The molecule has 112 valence electrons. The van der Waals surface area contributed by atoms with E-state index in [-0.39, 0.29) is 6.04 Å². The number of halogens is 1. The van der Waals surface area contributed by atoms with Gasteiger partial charge in [-0.3, -0.25) is 10.1 Å². The van der Waals surface area contributed by atoms with Gasteiger partial charge in [-0.2, -0.15) is 4.98 Å². The molecule has 0 spiro atoms. The molecule has 21 heavy (non-hydrogen) atoms. The summed E-state index contributed by atoms with van der Waals surface area (Å²) in [4.78, 5) is 10.9. The van der Waals surface area contributed by atoms with Crippen molar-refractivity contribution in [2.24, 2.45) is 11.7 Å². The van der Waals surface area contributed by atoms with Gasteiger partial charge in [0.2, 0.25) is 5.95 Å². The zero-order valence-electron chi connectivity index (χ0n) is 12.0. The topological polar surface area (TPSA) is 83.7 Å². The summed E-state index contributed by atoms with van der Waals surface area (Å²) in [5.41, 5.74) is 6.90. The van der Waals surface area contributed by atoms with Crippen molar-refractivity contribution in [1.82, 2.24) is 20.2 Å². The Morgan fingerprint density at radius 1 is 1.38 bits per heavy atom. The van der Waals surface area contributed by atoms with Crippen molar-refractivity contribution in [3.63, 3.8) is 0 Å². The largest absolute Gasteiger partial charge is 0.340 e. The Labute approximate surface area is 132 Å². The van der Waals surface area contributed by atoms with Crippen molar-refractivity contribution in [2.75, 3.05) is 18.0 Å². The quantitative estimate of drug-likeness (QED) is 0.886. The predicted octanol–water partition coefficient (Wildman–Crippen LogP) is 2.19. The Morgan fingerprint density at radius 3 is 2.81 bits per heavy atom. The number of anilines is 1. The molecule has 2 aromatic rings. The summed E-state index contributed by atoms with van der Waals surface area (Å²) in [5, 5.41) is 7.32. The SMILES string of the molecule is CC(N)C1CCN(c2n[nH]c(-c3cncc(Br)c3)n2)CC1. The minimum Gasteiger partial charge on any atom is -0.340 e. The van der Waals surface area contributed by atoms with Gasteiger partial charge < -0.3 is 10.6 Å². The average Bonchev–Trinajstić information content (AvgIpc) is 2.97. The number of pyridine rings is 1. The fourth-order valence-electron chi connectivity index (χ4n) is 2.69. The van der Waals surface area contributed by atoms with E-state index in [0.717, 1.165) is 47.7 Å². The Bertz CT molecular complexity index is 603. The summed E-state index contributed by atoms with van der Waals surface area (Å²) >= 11 is 3.42. The normalized spacial score (nSPS) is 18.0. The highest BCUT2D eigenvalue weighted by molar-refractivity contribution is 9.10. The highest BCUT2D eigenvalue weighted by atomic mass is 79.9. The lowest BCUT2D eigenvalue weighted by atomic mass is 9.91. The van der Waals surface area contributed by atoms with Crippen molar-refractivity contribution < 1.29 is 0 Å². The molecule has 1 fully saturated rings. The van der Waals surface area contributed by atoms with E-state index in [9.17, 15) is 0 Å². The molecule has 1 aliphatic heterocycles. The van der Waals surface area contributed by atoms with Crippen molar-refractivity contribution in [3.8, 4) is 11.4 Å². The Balaban J connectivity index is 1.71. The molecule has 0 amide bonds. The predicted molar refractivity (Wildman–Crippen MR) is 85.9 cm³/mol. The number of aromatic nitrogens is 4. The highest BCUT2D eigenvalue weighted by Gasteiger charge is 2.24. The number of aromatic amines is 1. The van der Waals surface area contributed by atoms with Crippen LogP contribution in [0.15, 0.2) is 22.9 Å². The average molecular weight is 351 g/mol. The maximum atomic E-state index is 5.98. The van der Waals surface area contributed by atoms with Crippen LogP contribution >= 0.6 is 15.9 Å². The van der Waals surface area contributed by atoms with Crippen LogP contribution in [-0.2, 0) is 0 Å². The van der Waals surface area contributed by atoms with Crippen LogP contribution in [0.3, 0.4) is 0 Å². The molecular weight excluding hydrogens is 332 g/mol. The first-order chi connectivity index (χ1) is 10.1. The smallest absolute Gasteiger partial charge is 0.245 e. The van der Waals surface area contributed by atoms with E-state index in [0.29, 0.717) is 5.92 Å². The first kappa shape index (κ1) is 14.5. The van der Waals surface area contributed by atoms with Gasteiger partial charge in [-0.15, -0.1) is 5.10 Å². The van der Waals surface area contributed by atoms with Gasteiger partial charge in [0.1, 0.15) is 0 Å². The van der Waals surface area contributed by atoms with Crippen LogP contribution in [0.25, 0.3) is 11.4 Å². The second-order valence-electron chi connectivity index (χ2n) is 5.56. The van der Waals surface area contributed by atoms with Crippen LogP contribution in [0.4, 0.5) is 5.95 Å². The maximum Gasteiger partial charge on any atom is 0.245 e. The number of nitrogens with zero attached hydrogens (tertiary/aromatic N) is 4. The summed E-state index contributed by atoms with van der Waals surface area (Å²) in [7, 11) is 0. The van der Waals surface area contributed by atoms with Crippen LogP contribution in [0.2, 0.25) is 0 Å². The van der Waals surface area contributed by atoms with Gasteiger partial charge in [0.15, 0.2) is 5.82 Å². The first-order valence-corrected chi connectivity index (χ1v) is 7.96. The van der Waals surface area contributed by atoms with E-state index >= 15 is 0 Å². The lowest BCUT2D eigenvalue weighted by Gasteiger charge is -2.32. The molecule has 0 radical (unpaired) electrons. The maximum absolute atomic E-state index is 5.98. The van der Waals surface area contributed by atoms with Crippen molar-refractivity contribution in [1.29, 1.82) is 0 Å². The number of nitrogens with two attached hydrogens (primary N) is 1. The first-order valence-electron chi connectivity index (χ1n) is 7.17. The molecule has 0 saturated carbocycles. The molecule has 6 nitrogen and oxygen atoms in total. The van der Waals surface area contributed by atoms with Crippen molar-refractivity contribution >= 4 is 21.9 Å². The van der Waals surface area contributed by atoms with Crippen LogP contribution in [-0.4, -0.2) is 39.3 Å². The number of nitrogens with one attached hydrogen (secondary N) is 1. The second-order valence-corrected chi connectivity index (χ2v) is 6.48. The lowest BCUT2D eigenvalue weighted by Crippen LogP contribution is -2.40. The van der Waals surface area contributed by atoms with Crippen molar-refractivity contribution in [2.45, 2.75) is 25.8 Å². The highest BCUT2D eigenvalue weighted by Crippen LogP contribution is 2.24. The molecule has 0 aliphatic carbocycles. The fourth-order valence-corrected chi connectivity index (χ4v) is 3.05. The monoisotopic (exact) mass is 350 g/mol. The molecule has 7 heteroatoms. The third kappa shape index (κ3) is 3.24. The molecule has 0 aromatic carbocycles. The van der Waals surface area contributed by atoms with E-state index < -0.39 is 0 Å². The summed E-state index contributed by atoms with van der Waals surface area (Å²) in [5.74, 6) is 2.11. The molecule has 3 rings (SSSR count).